The maximum atomic E-state index is 12.4. The van der Waals surface area contributed by atoms with E-state index >= 15 is 0 Å². The first-order valence-electron chi connectivity index (χ1n) is 10.9. The molecule has 4 heteroatoms. The van der Waals surface area contributed by atoms with E-state index < -0.39 is 5.97 Å². The summed E-state index contributed by atoms with van der Waals surface area (Å²) in [6, 6.07) is 35.4. The van der Waals surface area contributed by atoms with Gasteiger partial charge in [-0.25, -0.2) is 4.79 Å². The lowest BCUT2D eigenvalue weighted by Crippen LogP contribution is -2.10. The molecule has 5 aromatic rings. The Morgan fingerprint density at radius 3 is 2.06 bits per heavy atom. The Balaban J connectivity index is 1.48. The average Bonchev–Trinajstić information content (AvgIpc) is 3.19. The van der Waals surface area contributed by atoms with Crippen LogP contribution in [0.5, 0.6) is 5.75 Å². The van der Waals surface area contributed by atoms with Gasteiger partial charge in [0.1, 0.15) is 18.1 Å². The van der Waals surface area contributed by atoms with E-state index in [0.717, 1.165) is 38.9 Å². The first-order valence-corrected chi connectivity index (χ1v) is 10.9. The van der Waals surface area contributed by atoms with Crippen molar-refractivity contribution in [1.29, 1.82) is 0 Å². The summed E-state index contributed by atoms with van der Waals surface area (Å²) in [5, 5.41) is 11.1. The third-order valence-electron chi connectivity index (χ3n) is 5.75. The number of ether oxygens (including phenoxy) is 1. The summed E-state index contributed by atoms with van der Waals surface area (Å²) >= 11 is 0. The average molecular weight is 434 g/mol. The van der Waals surface area contributed by atoms with Crippen LogP contribution in [0.25, 0.3) is 22.0 Å². The first kappa shape index (κ1) is 20.6. The molecule has 162 valence electrons. The van der Waals surface area contributed by atoms with Crippen molar-refractivity contribution in [2.24, 2.45) is 0 Å². The summed E-state index contributed by atoms with van der Waals surface area (Å²) in [4.78, 5) is 12.4. The number of rotatable bonds is 7. The molecule has 4 aromatic carbocycles. The molecule has 4 nitrogen and oxygen atoms in total. The standard InChI is InChI=1S/C29H23NO3/c31-29(32)28-27(23-11-5-2-6-12-23)25-13-7-8-14-26(25)30(28)19-21-15-17-24(18-16-21)33-20-22-9-3-1-4-10-22/h1-18H,19-20H2,(H,31,32). The molecular formula is C29H23NO3. The van der Waals surface area contributed by atoms with Gasteiger partial charge in [-0.1, -0.05) is 91.0 Å². The maximum Gasteiger partial charge on any atom is 0.353 e. The van der Waals surface area contributed by atoms with Crippen molar-refractivity contribution in [3.63, 3.8) is 0 Å². The van der Waals surface area contributed by atoms with Crippen LogP contribution >= 0.6 is 0 Å². The molecule has 5 rings (SSSR count). The molecule has 0 aliphatic carbocycles. The Labute approximate surface area is 192 Å². The van der Waals surface area contributed by atoms with Crippen molar-refractivity contribution in [3.8, 4) is 16.9 Å². The molecule has 1 aromatic heterocycles. The molecule has 0 aliphatic heterocycles. The Morgan fingerprint density at radius 1 is 0.727 bits per heavy atom. The zero-order chi connectivity index (χ0) is 22.6. The predicted molar refractivity (Wildman–Crippen MR) is 131 cm³/mol. The van der Waals surface area contributed by atoms with Crippen LogP contribution in [0.4, 0.5) is 0 Å². The van der Waals surface area contributed by atoms with Crippen LogP contribution in [0.1, 0.15) is 21.6 Å². The van der Waals surface area contributed by atoms with E-state index in [1.165, 1.54) is 0 Å². The number of hydrogen-bond acceptors (Lipinski definition) is 2. The second kappa shape index (κ2) is 9.05. The van der Waals surface area contributed by atoms with Gasteiger partial charge in [0.25, 0.3) is 0 Å². The van der Waals surface area contributed by atoms with Crippen molar-refractivity contribution in [3.05, 3.63) is 126 Å². The monoisotopic (exact) mass is 433 g/mol. The topological polar surface area (TPSA) is 51.5 Å². The fraction of sp³-hybridized carbons (Fsp3) is 0.0690. The molecular weight excluding hydrogens is 410 g/mol. The molecule has 1 N–H and O–H groups in total. The smallest absolute Gasteiger partial charge is 0.353 e. The van der Waals surface area contributed by atoms with Crippen LogP contribution < -0.4 is 4.74 Å². The number of nitrogens with zero attached hydrogens (tertiary/aromatic N) is 1. The molecule has 0 bridgehead atoms. The van der Waals surface area contributed by atoms with Crippen LogP contribution in [-0.4, -0.2) is 15.6 Å². The molecule has 1 heterocycles. The van der Waals surface area contributed by atoms with E-state index in [-0.39, 0.29) is 0 Å². The second-order valence-electron chi connectivity index (χ2n) is 7.92. The summed E-state index contributed by atoms with van der Waals surface area (Å²) in [6.07, 6.45) is 0. The third kappa shape index (κ3) is 4.23. The Kier molecular flexibility index (Phi) is 5.64. The van der Waals surface area contributed by atoms with E-state index in [4.69, 9.17) is 4.74 Å². The second-order valence-corrected chi connectivity index (χ2v) is 7.92. The molecule has 0 atom stereocenters. The Morgan fingerprint density at radius 2 is 1.36 bits per heavy atom. The van der Waals surface area contributed by atoms with Gasteiger partial charge in [-0.3, -0.25) is 0 Å². The molecule has 0 saturated carbocycles. The summed E-state index contributed by atoms with van der Waals surface area (Å²) in [5.41, 5.74) is 4.96. The van der Waals surface area contributed by atoms with Gasteiger partial charge in [-0.15, -0.1) is 0 Å². The highest BCUT2D eigenvalue weighted by Gasteiger charge is 2.23. The highest BCUT2D eigenvalue weighted by molar-refractivity contribution is 6.08. The summed E-state index contributed by atoms with van der Waals surface area (Å²) in [7, 11) is 0. The fourth-order valence-corrected chi connectivity index (χ4v) is 4.20. The van der Waals surface area contributed by atoms with Gasteiger partial charge in [-0.05, 0) is 34.9 Å². The van der Waals surface area contributed by atoms with Gasteiger partial charge in [0.05, 0.1) is 0 Å². The zero-order valence-electron chi connectivity index (χ0n) is 18.0. The Bertz CT molecular complexity index is 1390. The van der Waals surface area contributed by atoms with Gasteiger partial charge in [-0.2, -0.15) is 0 Å². The van der Waals surface area contributed by atoms with Gasteiger partial charge in [0.15, 0.2) is 0 Å². The van der Waals surface area contributed by atoms with Crippen LogP contribution in [-0.2, 0) is 13.2 Å². The summed E-state index contributed by atoms with van der Waals surface area (Å²) in [5.74, 6) is -0.156. The molecule has 0 aliphatic rings. The number of aromatic nitrogens is 1. The molecule has 0 radical (unpaired) electrons. The van der Waals surface area contributed by atoms with Crippen molar-refractivity contribution >= 4 is 16.9 Å². The van der Waals surface area contributed by atoms with Crippen molar-refractivity contribution in [2.75, 3.05) is 0 Å². The number of benzene rings is 4. The van der Waals surface area contributed by atoms with E-state index in [9.17, 15) is 9.90 Å². The minimum Gasteiger partial charge on any atom is -0.489 e. The number of para-hydroxylation sites is 1. The Hall–Kier alpha value is -4.31. The molecule has 0 saturated heterocycles. The quantitative estimate of drug-likeness (QED) is 0.313. The van der Waals surface area contributed by atoms with Gasteiger partial charge in [0, 0.05) is 23.0 Å². The number of carboxylic acids is 1. The fourth-order valence-electron chi connectivity index (χ4n) is 4.20. The van der Waals surface area contributed by atoms with Crippen molar-refractivity contribution in [1.82, 2.24) is 4.57 Å². The van der Waals surface area contributed by atoms with Crippen molar-refractivity contribution < 1.29 is 14.6 Å². The lowest BCUT2D eigenvalue weighted by Gasteiger charge is -2.11. The largest absolute Gasteiger partial charge is 0.489 e. The van der Waals surface area contributed by atoms with E-state index in [0.29, 0.717) is 18.8 Å². The molecule has 0 fully saturated rings. The number of carboxylic acid groups (broad SMARTS) is 1. The first-order chi connectivity index (χ1) is 16.2. The summed E-state index contributed by atoms with van der Waals surface area (Å²) < 4.78 is 7.78. The predicted octanol–water partition coefficient (Wildman–Crippen LogP) is 6.63. The lowest BCUT2D eigenvalue weighted by molar-refractivity contribution is 0.0687. The highest BCUT2D eigenvalue weighted by atomic mass is 16.5. The maximum absolute atomic E-state index is 12.4. The minimum atomic E-state index is -0.937. The lowest BCUT2D eigenvalue weighted by atomic mass is 10.0. The van der Waals surface area contributed by atoms with Crippen LogP contribution in [0.2, 0.25) is 0 Å². The summed E-state index contributed by atoms with van der Waals surface area (Å²) in [6.45, 7) is 0.958. The number of aromatic carboxylic acids is 1. The van der Waals surface area contributed by atoms with Crippen LogP contribution in [0.3, 0.4) is 0 Å². The normalized spacial score (nSPS) is 10.9. The van der Waals surface area contributed by atoms with Crippen LogP contribution in [0.15, 0.2) is 109 Å². The number of carbonyl (C=O) groups is 1. The minimum absolute atomic E-state index is 0.298. The van der Waals surface area contributed by atoms with Gasteiger partial charge < -0.3 is 14.4 Å². The van der Waals surface area contributed by atoms with Gasteiger partial charge >= 0.3 is 5.97 Å². The van der Waals surface area contributed by atoms with E-state index in [1.807, 2.05) is 114 Å². The van der Waals surface area contributed by atoms with Crippen LogP contribution in [0, 0.1) is 0 Å². The molecule has 0 unspecified atom stereocenters. The zero-order valence-corrected chi connectivity index (χ0v) is 18.0. The van der Waals surface area contributed by atoms with Crippen molar-refractivity contribution in [2.45, 2.75) is 13.2 Å². The number of hydrogen-bond donors (Lipinski definition) is 1. The highest BCUT2D eigenvalue weighted by Crippen LogP contribution is 2.35. The third-order valence-corrected chi connectivity index (χ3v) is 5.75. The van der Waals surface area contributed by atoms with E-state index in [1.54, 1.807) is 0 Å². The van der Waals surface area contributed by atoms with E-state index in [2.05, 4.69) is 0 Å². The molecule has 33 heavy (non-hydrogen) atoms. The number of fused-ring (bicyclic) bond motifs is 1. The molecule has 0 amide bonds. The van der Waals surface area contributed by atoms with Gasteiger partial charge in [0.2, 0.25) is 0 Å². The SMILES string of the molecule is O=C(O)c1c(-c2ccccc2)c2ccccc2n1Cc1ccc(OCc2ccccc2)cc1. The molecule has 0 spiro atoms.